The molecule has 0 saturated heterocycles. The number of carbonyl (C=O) groups excluding carboxylic acids is 1. The van der Waals surface area contributed by atoms with Gasteiger partial charge >= 0.3 is 0 Å². The first-order valence-electron chi connectivity index (χ1n) is 6.57. The van der Waals surface area contributed by atoms with Gasteiger partial charge in [-0.25, -0.2) is 8.78 Å². The van der Waals surface area contributed by atoms with Crippen molar-refractivity contribution >= 4 is 11.6 Å². The molecule has 1 rings (SSSR count). The fraction of sp³-hybridized carbons (Fsp3) is 0.500. The summed E-state index contributed by atoms with van der Waals surface area (Å²) in [6.45, 7) is 3.54. The number of anilines is 1. The minimum Gasteiger partial charge on any atom is -0.394 e. The van der Waals surface area contributed by atoms with Crippen LogP contribution in [-0.4, -0.2) is 29.7 Å². The predicted molar refractivity (Wildman–Crippen MR) is 73.4 cm³/mol. The zero-order chi connectivity index (χ0) is 15.2. The number of benzene rings is 1. The average Bonchev–Trinajstić information content (AvgIpc) is 2.45. The van der Waals surface area contributed by atoms with Crippen LogP contribution in [0.2, 0.25) is 0 Å². The van der Waals surface area contributed by atoms with E-state index in [0.717, 1.165) is 12.1 Å². The van der Waals surface area contributed by atoms with Gasteiger partial charge in [0.15, 0.2) is 0 Å². The molecule has 0 atom stereocenters. The normalized spacial score (nSPS) is 11.4. The van der Waals surface area contributed by atoms with Crippen molar-refractivity contribution in [2.75, 3.05) is 18.5 Å². The molecule has 3 N–H and O–H groups in total. The lowest BCUT2D eigenvalue weighted by molar-refractivity contribution is -0.115. The average molecular weight is 286 g/mol. The van der Waals surface area contributed by atoms with E-state index in [9.17, 15) is 18.7 Å². The highest BCUT2D eigenvalue weighted by Gasteiger charge is 2.25. The van der Waals surface area contributed by atoms with Crippen molar-refractivity contribution < 1.29 is 18.7 Å². The van der Waals surface area contributed by atoms with E-state index >= 15 is 0 Å². The fourth-order valence-corrected chi connectivity index (χ4v) is 1.85. The number of aliphatic hydroxyl groups is 1. The van der Waals surface area contributed by atoms with Crippen molar-refractivity contribution in [2.24, 2.45) is 0 Å². The molecule has 0 radical (unpaired) electrons. The summed E-state index contributed by atoms with van der Waals surface area (Å²) in [5.74, 6) is -2.20. The van der Waals surface area contributed by atoms with Crippen molar-refractivity contribution in [3.63, 3.8) is 0 Å². The van der Waals surface area contributed by atoms with Crippen LogP contribution in [0.3, 0.4) is 0 Å². The Hall–Kier alpha value is -1.53. The summed E-state index contributed by atoms with van der Waals surface area (Å²) in [6, 6.07) is 3.37. The maximum atomic E-state index is 13.4. The quantitative estimate of drug-likeness (QED) is 0.719. The summed E-state index contributed by atoms with van der Waals surface area (Å²) in [5, 5.41) is 14.5. The van der Waals surface area contributed by atoms with Crippen LogP contribution in [0.4, 0.5) is 14.5 Å². The maximum absolute atomic E-state index is 13.4. The van der Waals surface area contributed by atoms with E-state index in [4.69, 9.17) is 0 Å². The standard InChI is InChI=1S/C14H20F2N2O2/c1-3-14(4-2,9-19)17-8-12(20)18-13-10(15)6-5-7-11(13)16/h5-7,17,19H,3-4,8-9H2,1-2H3,(H,18,20). The summed E-state index contributed by atoms with van der Waals surface area (Å²) in [5.41, 5.74) is -1.01. The highest BCUT2D eigenvalue weighted by atomic mass is 19.1. The number of para-hydroxylation sites is 1. The van der Waals surface area contributed by atoms with Gasteiger partial charge in [0.2, 0.25) is 5.91 Å². The van der Waals surface area contributed by atoms with Gasteiger partial charge in [-0.3, -0.25) is 4.79 Å². The Kier molecular flexibility index (Phi) is 6.04. The smallest absolute Gasteiger partial charge is 0.238 e. The molecular formula is C14H20F2N2O2. The van der Waals surface area contributed by atoms with E-state index in [-0.39, 0.29) is 13.2 Å². The molecule has 20 heavy (non-hydrogen) atoms. The summed E-state index contributed by atoms with van der Waals surface area (Å²) in [7, 11) is 0. The second kappa shape index (κ2) is 7.31. The highest BCUT2D eigenvalue weighted by molar-refractivity contribution is 5.92. The zero-order valence-electron chi connectivity index (χ0n) is 11.7. The molecule has 0 fully saturated rings. The Bertz CT molecular complexity index is 434. The Morgan fingerprint density at radius 3 is 2.25 bits per heavy atom. The number of nitrogens with one attached hydrogen (secondary N) is 2. The number of hydrogen-bond acceptors (Lipinski definition) is 3. The second-order valence-corrected chi connectivity index (χ2v) is 4.64. The fourth-order valence-electron chi connectivity index (χ4n) is 1.85. The number of amides is 1. The van der Waals surface area contributed by atoms with E-state index in [1.807, 2.05) is 13.8 Å². The summed E-state index contributed by atoms with van der Waals surface area (Å²) >= 11 is 0. The molecule has 112 valence electrons. The largest absolute Gasteiger partial charge is 0.394 e. The minimum atomic E-state index is -0.822. The molecule has 0 aliphatic heterocycles. The van der Waals surface area contributed by atoms with E-state index in [1.54, 1.807) is 0 Å². The van der Waals surface area contributed by atoms with Crippen LogP contribution in [0.5, 0.6) is 0 Å². The molecule has 0 aliphatic carbocycles. The Morgan fingerprint density at radius 2 is 1.80 bits per heavy atom. The van der Waals surface area contributed by atoms with E-state index < -0.39 is 28.8 Å². The van der Waals surface area contributed by atoms with Crippen molar-refractivity contribution in [1.29, 1.82) is 0 Å². The molecule has 0 aromatic heterocycles. The van der Waals surface area contributed by atoms with Gasteiger partial charge in [-0.05, 0) is 25.0 Å². The van der Waals surface area contributed by atoms with Gasteiger partial charge in [0.1, 0.15) is 17.3 Å². The Balaban J connectivity index is 2.65. The summed E-state index contributed by atoms with van der Waals surface area (Å²) < 4.78 is 26.7. The van der Waals surface area contributed by atoms with Crippen molar-refractivity contribution in [3.8, 4) is 0 Å². The lowest BCUT2D eigenvalue weighted by Crippen LogP contribution is -2.50. The monoisotopic (exact) mass is 286 g/mol. The molecule has 1 amide bonds. The first-order chi connectivity index (χ1) is 9.48. The van der Waals surface area contributed by atoms with Gasteiger partial charge in [0, 0.05) is 5.54 Å². The van der Waals surface area contributed by atoms with E-state index in [2.05, 4.69) is 10.6 Å². The van der Waals surface area contributed by atoms with E-state index in [1.165, 1.54) is 6.07 Å². The lowest BCUT2D eigenvalue weighted by atomic mass is 9.94. The van der Waals surface area contributed by atoms with Gasteiger partial charge < -0.3 is 15.7 Å². The van der Waals surface area contributed by atoms with Crippen LogP contribution >= 0.6 is 0 Å². The number of aliphatic hydroxyl groups excluding tert-OH is 1. The SMILES string of the molecule is CCC(CC)(CO)NCC(=O)Nc1c(F)cccc1F. The minimum absolute atomic E-state index is 0.110. The van der Waals surface area contributed by atoms with Gasteiger partial charge in [-0.15, -0.1) is 0 Å². The Labute approximate surface area is 117 Å². The van der Waals surface area contributed by atoms with Crippen LogP contribution in [-0.2, 0) is 4.79 Å². The molecule has 0 unspecified atom stereocenters. The maximum Gasteiger partial charge on any atom is 0.238 e. The number of halogens is 2. The Morgan fingerprint density at radius 1 is 1.25 bits per heavy atom. The zero-order valence-corrected chi connectivity index (χ0v) is 11.7. The van der Waals surface area contributed by atoms with Gasteiger partial charge in [-0.1, -0.05) is 19.9 Å². The molecule has 0 saturated carbocycles. The molecule has 0 spiro atoms. The molecule has 0 bridgehead atoms. The summed E-state index contributed by atoms with van der Waals surface area (Å²) in [6.07, 6.45) is 1.28. The molecule has 4 nitrogen and oxygen atoms in total. The first-order valence-corrected chi connectivity index (χ1v) is 6.57. The van der Waals surface area contributed by atoms with Gasteiger partial charge in [-0.2, -0.15) is 0 Å². The molecule has 6 heteroatoms. The van der Waals surface area contributed by atoms with Crippen LogP contribution in [0.1, 0.15) is 26.7 Å². The van der Waals surface area contributed by atoms with Crippen molar-refractivity contribution in [1.82, 2.24) is 5.32 Å². The highest BCUT2D eigenvalue weighted by Crippen LogP contribution is 2.18. The second-order valence-electron chi connectivity index (χ2n) is 4.64. The number of carbonyl (C=O) groups is 1. The van der Waals surface area contributed by atoms with Crippen molar-refractivity contribution in [2.45, 2.75) is 32.2 Å². The molecular weight excluding hydrogens is 266 g/mol. The third-order valence-corrected chi connectivity index (χ3v) is 3.51. The molecule has 0 aliphatic rings. The van der Waals surface area contributed by atoms with Crippen LogP contribution in [0.25, 0.3) is 0 Å². The van der Waals surface area contributed by atoms with Crippen LogP contribution < -0.4 is 10.6 Å². The van der Waals surface area contributed by atoms with E-state index in [0.29, 0.717) is 12.8 Å². The third kappa shape index (κ3) is 3.98. The molecule has 1 aromatic carbocycles. The van der Waals surface area contributed by atoms with Gasteiger partial charge in [0.05, 0.1) is 13.2 Å². The van der Waals surface area contributed by atoms with Crippen molar-refractivity contribution in [3.05, 3.63) is 29.8 Å². The molecule has 1 aromatic rings. The first kappa shape index (κ1) is 16.5. The number of hydrogen-bond donors (Lipinski definition) is 3. The molecule has 0 heterocycles. The van der Waals surface area contributed by atoms with Crippen LogP contribution in [0, 0.1) is 11.6 Å². The number of rotatable bonds is 7. The predicted octanol–water partition coefficient (Wildman–Crippen LogP) is 2.04. The summed E-state index contributed by atoms with van der Waals surface area (Å²) in [4.78, 5) is 11.7. The van der Waals surface area contributed by atoms with Gasteiger partial charge in [0.25, 0.3) is 0 Å². The third-order valence-electron chi connectivity index (χ3n) is 3.51. The lowest BCUT2D eigenvalue weighted by Gasteiger charge is -2.30. The topological polar surface area (TPSA) is 61.4 Å². The van der Waals surface area contributed by atoms with Crippen LogP contribution in [0.15, 0.2) is 18.2 Å².